The molecule has 2 aromatic rings. The third kappa shape index (κ3) is 6.37. The smallest absolute Gasteiger partial charge is 0.413 e. The second kappa shape index (κ2) is 9.49. The molecule has 1 aromatic carbocycles. The van der Waals surface area contributed by atoms with Gasteiger partial charge in [0.2, 0.25) is 0 Å². The number of benzene rings is 1. The first-order chi connectivity index (χ1) is 14.5. The van der Waals surface area contributed by atoms with E-state index < -0.39 is 14.4 Å². The Morgan fingerprint density at radius 3 is 2.32 bits per heavy atom. The van der Waals surface area contributed by atoms with Gasteiger partial charge in [-0.25, -0.2) is 9.78 Å². The lowest BCUT2D eigenvalue weighted by atomic mass is 10.1. The number of anilines is 2. The Hall–Kier alpha value is -2.25. The lowest BCUT2D eigenvalue weighted by Gasteiger charge is -2.36. The fourth-order valence-corrected chi connectivity index (χ4v) is 4.27. The number of carbonyl (C=O) groups is 1. The molecule has 0 unspecified atom stereocenters. The van der Waals surface area contributed by atoms with Gasteiger partial charge < -0.3 is 14.1 Å². The molecule has 31 heavy (non-hydrogen) atoms. The highest BCUT2D eigenvalue weighted by atomic mass is 35.5. The molecule has 2 heterocycles. The second-order valence-corrected chi connectivity index (χ2v) is 14.6. The number of aromatic nitrogens is 1. The Kier molecular flexibility index (Phi) is 7.16. The van der Waals surface area contributed by atoms with E-state index in [0.717, 1.165) is 42.4 Å². The van der Waals surface area contributed by atoms with E-state index in [2.05, 4.69) is 49.1 Å². The third-order valence-corrected chi connectivity index (χ3v) is 10.7. The first-order valence-corrected chi connectivity index (χ1v) is 14.0. The Labute approximate surface area is 191 Å². The monoisotopic (exact) mass is 461 g/mol. The number of ether oxygens (including phenoxy) is 1. The number of nitrogens with zero attached hydrogens (tertiary/aromatic N) is 2. The third-order valence-electron chi connectivity index (χ3n) is 6.05. The number of rotatable bonds is 5. The number of carbonyl (C=O) groups excluding carboxylic acids is 1. The van der Waals surface area contributed by atoms with E-state index in [4.69, 9.17) is 20.8 Å². The highest BCUT2D eigenvalue weighted by molar-refractivity contribution is 6.74. The van der Waals surface area contributed by atoms with E-state index in [9.17, 15) is 4.79 Å². The first-order valence-electron chi connectivity index (χ1n) is 10.7. The van der Waals surface area contributed by atoms with Gasteiger partial charge in [-0.15, -0.1) is 0 Å². The Morgan fingerprint density at radius 2 is 1.77 bits per heavy atom. The molecule has 1 saturated heterocycles. The molecule has 0 atom stereocenters. The normalized spacial score (nSPS) is 15.5. The van der Waals surface area contributed by atoms with E-state index in [1.54, 1.807) is 12.3 Å². The maximum absolute atomic E-state index is 12.3. The van der Waals surface area contributed by atoms with Crippen LogP contribution in [-0.4, -0.2) is 38.6 Å². The molecule has 0 aliphatic carbocycles. The highest BCUT2D eigenvalue weighted by Gasteiger charge is 2.39. The Balaban J connectivity index is 1.46. The Bertz CT molecular complexity index is 874. The van der Waals surface area contributed by atoms with Gasteiger partial charge in [-0.1, -0.05) is 32.4 Å². The maximum atomic E-state index is 12.3. The molecular formula is C23H32ClN3O3Si. The van der Waals surface area contributed by atoms with Gasteiger partial charge in [-0.3, -0.25) is 5.32 Å². The lowest BCUT2D eigenvalue weighted by molar-refractivity contribution is 0.0950. The number of hydrogen-bond acceptors (Lipinski definition) is 5. The van der Waals surface area contributed by atoms with E-state index in [-0.39, 0.29) is 11.1 Å². The number of hydrogen-bond donors (Lipinski definition) is 1. The average molecular weight is 462 g/mol. The molecule has 0 bridgehead atoms. The van der Waals surface area contributed by atoms with Crippen LogP contribution in [0.1, 0.15) is 33.6 Å². The van der Waals surface area contributed by atoms with Gasteiger partial charge in [0.25, 0.3) is 8.32 Å². The maximum Gasteiger partial charge on any atom is 0.413 e. The van der Waals surface area contributed by atoms with E-state index in [1.165, 1.54) is 0 Å². The van der Waals surface area contributed by atoms with E-state index in [0.29, 0.717) is 5.82 Å². The summed E-state index contributed by atoms with van der Waals surface area (Å²) >= 11 is 5.96. The first kappa shape index (κ1) is 23.4. The zero-order chi connectivity index (χ0) is 22.6. The van der Waals surface area contributed by atoms with Crippen molar-refractivity contribution in [1.82, 2.24) is 4.98 Å². The van der Waals surface area contributed by atoms with Gasteiger partial charge in [-0.05, 0) is 54.5 Å². The number of piperidine rings is 1. The van der Waals surface area contributed by atoms with Crippen molar-refractivity contribution in [3.05, 3.63) is 47.6 Å². The van der Waals surface area contributed by atoms with Crippen molar-refractivity contribution in [3.8, 4) is 5.75 Å². The lowest BCUT2D eigenvalue weighted by Crippen LogP contribution is -2.43. The van der Waals surface area contributed by atoms with Crippen molar-refractivity contribution in [2.24, 2.45) is 0 Å². The zero-order valence-electron chi connectivity index (χ0n) is 18.9. The standard InChI is InChI=1S/C23H32ClN3O3Si/c1-23(2,3)31(4,5)30-20-10-11-21(25-16-20)26-22(28)29-19-12-14-27(15-13-19)18-8-6-17(24)7-9-18/h6-11,16,19H,12-15H2,1-5H3,(H,25,26,28). The fraction of sp³-hybridized carbons (Fsp3) is 0.478. The summed E-state index contributed by atoms with van der Waals surface area (Å²) in [5, 5.41) is 3.55. The molecule has 1 aliphatic rings. The Morgan fingerprint density at radius 1 is 1.13 bits per heavy atom. The van der Waals surface area contributed by atoms with Crippen LogP contribution in [0.4, 0.5) is 16.3 Å². The summed E-state index contributed by atoms with van der Waals surface area (Å²) in [7, 11) is -1.92. The number of pyridine rings is 1. The van der Waals surface area contributed by atoms with Crippen LogP contribution in [0.2, 0.25) is 23.2 Å². The van der Waals surface area contributed by atoms with Crippen molar-refractivity contribution in [2.45, 2.75) is 57.8 Å². The summed E-state index contributed by atoms with van der Waals surface area (Å²) in [6.07, 6.45) is 2.63. The molecule has 0 saturated carbocycles. The fourth-order valence-electron chi connectivity index (χ4n) is 3.13. The summed E-state index contributed by atoms with van der Waals surface area (Å²) in [6.45, 7) is 12.6. The molecule has 1 amide bonds. The minimum Gasteiger partial charge on any atom is -0.542 e. The van der Waals surface area contributed by atoms with Gasteiger partial charge in [0.15, 0.2) is 0 Å². The molecular weight excluding hydrogens is 430 g/mol. The molecule has 0 spiro atoms. The van der Waals surface area contributed by atoms with Crippen molar-refractivity contribution in [3.63, 3.8) is 0 Å². The summed E-state index contributed by atoms with van der Waals surface area (Å²) in [6, 6.07) is 11.4. The minimum atomic E-state index is -1.92. The topological polar surface area (TPSA) is 63.7 Å². The molecule has 3 rings (SSSR count). The minimum absolute atomic E-state index is 0.107. The molecule has 1 aliphatic heterocycles. The zero-order valence-corrected chi connectivity index (χ0v) is 20.7. The van der Waals surface area contributed by atoms with Crippen molar-refractivity contribution >= 4 is 37.5 Å². The molecule has 6 nitrogen and oxygen atoms in total. The predicted molar refractivity (Wildman–Crippen MR) is 129 cm³/mol. The van der Waals surface area contributed by atoms with Crippen LogP contribution in [0.5, 0.6) is 5.75 Å². The number of amides is 1. The molecule has 1 N–H and O–H groups in total. The van der Waals surface area contributed by atoms with Gasteiger partial charge >= 0.3 is 6.09 Å². The van der Waals surface area contributed by atoms with Crippen LogP contribution < -0.4 is 14.6 Å². The molecule has 168 valence electrons. The summed E-state index contributed by atoms with van der Waals surface area (Å²) < 4.78 is 11.8. The number of halogens is 1. The van der Waals surface area contributed by atoms with E-state index in [1.807, 2.05) is 30.3 Å². The van der Waals surface area contributed by atoms with Gasteiger partial charge in [0.05, 0.1) is 6.20 Å². The molecule has 8 heteroatoms. The van der Waals surface area contributed by atoms with Crippen molar-refractivity contribution in [1.29, 1.82) is 0 Å². The average Bonchev–Trinajstić information content (AvgIpc) is 2.70. The van der Waals surface area contributed by atoms with Crippen LogP contribution in [0.25, 0.3) is 0 Å². The van der Waals surface area contributed by atoms with Crippen LogP contribution in [0.3, 0.4) is 0 Å². The molecule has 1 fully saturated rings. The van der Waals surface area contributed by atoms with Crippen molar-refractivity contribution in [2.75, 3.05) is 23.3 Å². The largest absolute Gasteiger partial charge is 0.542 e. The second-order valence-electron chi connectivity index (χ2n) is 9.43. The van der Waals surface area contributed by atoms with Crippen molar-refractivity contribution < 1.29 is 14.0 Å². The number of nitrogens with one attached hydrogen (secondary N) is 1. The van der Waals surface area contributed by atoms with E-state index >= 15 is 0 Å². The van der Waals surface area contributed by atoms with Crippen LogP contribution in [0, 0.1) is 0 Å². The van der Waals surface area contributed by atoms with Gasteiger partial charge in [0, 0.05) is 36.6 Å². The van der Waals surface area contributed by atoms with Gasteiger partial charge in [-0.2, -0.15) is 0 Å². The highest BCUT2D eigenvalue weighted by Crippen LogP contribution is 2.37. The van der Waals surface area contributed by atoms with Crippen LogP contribution in [0.15, 0.2) is 42.6 Å². The van der Waals surface area contributed by atoms with Crippen LogP contribution >= 0.6 is 11.6 Å². The van der Waals surface area contributed by atoms with Crippen LogP contribution in [-0.2, 0) is 4.74 Å². The SMILES string of the molecule is CC(C)(C)[Si](C)(C)Oc1ccc(NC(=O)OC2CCN(c3ccc(Cl)cc3)CC2)nc1. The quantitative estimate of drug-likeness (QED) is 0.526. The van der Waals surface area contributed by atoms with Gasteiger partial charge in [0.1, 0.15) is 17.7 Å². The summed E-state index contributed by atoms with van der Waals surface area (Å²) in [5.74, 6) is 1.17. The summed E-state index contributed by atoms with van der Waals surface area (Å²) in [4.78, 5) is 18.9. The molecule has 0 radical (unpaired) electrons. The molecule has 1 aromatic heterocycles. The summed E-state index contributed by atoms with van der Waals surface area (Å²) in [5.41, 5.74) is 1.14. The predicted octanol–water partition coefficient (Wildman–Crippen LogP) is 6.34.